The Kier molecular flexibility index (Phi) is 5.65. The largest absolute Gasteiger partial charge is 0.495 e. The van der Waals surface area contributed by atoms with E-state index < -0.39 is 11.6 Å². The summed E-state index contributed by atoms with van der Waals surface area (Å²) in [4.78, 5) is 8.14. The summed E-state index contributed by atoms with van der Waals surface area (Å²) in [5.74, 6) is -0.572. The van der Waals surface area contributed by atoms with Crippen molar-refractivity contribution in [3.63, 3.8) is 0 Å². The summed E-state index contributed by atoms with van der Waals surface area (Å²) in [7, 11) is 2.99. The van der Waals surface area contributed by atoms with Crippen molar-refractivity contribution in [2.45, 2.75) is 0 Å². The van der Waals surface area contributed by atoms with Crippen LogP contribution in [0.25, 0.3) is 0 Å². The summed E-state index contributed by atoms with van der Waals surface area (Å²) in [5, 5.41) is 6.20. The first-order chi connectivity index (χ1) is 13.4. The second-order valence-corrected chi connectivity index (χ2v) is 5.96. The van der Waals surface area contributed by atoms with Crippen molar-refractivity contribution in [2.75, 3.05) is 30.6 Å². The molecule has 3 rings (SSSR count). The van der Waals surface area contributed by atoms with Gasteiger partial charge >= 0.3 is 0 Å². The Balaban J connectivity index is 1.91. The maximum atomic E-state index is 13.4. The zero-order valence-corrected chi connectivity index (χ0v) is 15.6. The van der Waals surface area contributed by atoms with Gasteiger partial charge in [-0.25, -0.2) is 18.7 Å². The number of nitrogens with zero attached hydrogens (tertiary/aromatic N) is 2. The molecule has 1 aromatic heterocycles. The van der Waals surface area contributed by atoms with Crippen LogP contribution in [-0.2, 0) is 0 Å². The Morgan fingerprint density at radius 1 is 0.929 bits per heavy atom. The van der Waals surface area contributed by atoms with E-state index in [0.717, 1.165) is 12.1 Å². The van der Waals surface area contributed by atoms with Gasteiger partial charge in [-0.15, -0.1) is 0 Å². The van der Waals surface area contributed by atoms with E-state index in [1.165, 1.54) is 26.6 Å². The van der Waals surface area contributed by atoms with Crippen LogP contribution in [0.3, 0.4) is 0 Å². The molecule has 7 nitrogen and oxygen atoms in total. The molecule has 4 N–H and O–H groups in total. The Morgan fingerprint density at radius 2 is 1.61 bits per heavy atom. The van der Waals surface area contributed by atoms with Crippen LogP contribution >= 0.6 is 11.6 Å². The molecule has 0 aliphatic carbocycles. The second kappa shape index (κ2) is 8.13. The summed E-state index contributed by atoms with van der Waals surface area (Å²) < 4.78 is 37.0. The number of hydrogen-bond acceptors (Lipinski definition) is 7. The van der Waals surface area contributed by atoms with E-state index in [0.29, 0.717) is 22.2 Å². The van der Waals surface area contributed by atoms with Gasteiger partial charge in [0.05, 0.1) is 24.9 Å². The summed E-state index contributed by atoms with van der Waals surface area (Å²) >= 11 is 6.17. The average Bonchev–Trinajstić information content (AvgIpc) is 2.68. The van der Waals surface area contributed by atoms with Gasteiger partial charge in [0.15, 0.2) is 23.3 Å². The molecular weight excluding hydrogens is 392 g/mol. The third-order valence-electron chi connectivity index (χ3n) is 3.79. The zero-order chi connectivity index (χ0) is 20.3. The van der Waals surface area contributed by atoms with Crippen LogP contribution in [0.5, 0.6) is 11.5 Å². The van der Waals surface area contributed by atoms with Crippen molar-refractivity contribution >= 4 is 40.3 Å². The van der Waals surface area contributed by atoms with Gasteiger partial charge in [-0.1, -0.05) is 11.6 Å². The molecule has 0 radical (unpaired) electrons. The molecule has 0 fully saturated rings. The van der Waals surface area contributed by atoms with E-state index in [2.05, 4.69) is 20.6 Å². The molecule has 0 spiro atoms. The summed E-state index contributed by atoms with van der Waals surface area (Å²) in [6, 6.07) is 6.57. The standard InChI is InChI=1S/C18H16ClF2N5O2/c1-27-14-7-15(28-2)13(6-10(14)19)26-18-16(22)17(23-8-24-18)25-9-3-4-11(20)12(21)5-9/h3-8H,22H2,1-2H3,(H2,23,24,25,26). The Hall–Kier alpha value is -3.33. The maximum Gasteiger partial charge on any atom is 0.160 e. The topological polar surface area (TPSA) is 94.3 Å². The molecule has 2 aromatic carbocycles. The lowest BCUT2D eigenvalue weighted by Gasteiger charge is -2.16. The predicted octanol–water partition coefficient (Wildman–Crippen LogP) is 4.49. The lowest BCUT2D eigenvalue weighted by molar-refractivity contribution is 0.396. The minimum absolute atomic E-state index is 0.154. The molecule has 146 valence electrons. The molecule has 0 saturated carbocycles. The van der Waals surface area contributed by atoms with Crippen LogP contribution in [-0.4, -0.2) is 24.2 Å². The molecule has 10 heteroatoms. The van der Waals surface area contributed by atoms with Gasteiger partial charge in [0.2, 0.25) is 0 Å². The highest BCUT2D eigenvalue weighted by atomic mass is 35.5. The quantitative estimate of drug-likeness (QED) is 0.554. The monoisotopic (exact) mass is 407 g/mol. The fourth-order valence-corrected chi connectivity index (χ4v) is 2.63. The highest BCUT2D eigenvalue weighted by Gasteiger charge is 2.14. The van der Waals surface area contributed by atoms with Gasteiger partial charge in [0.25, 0.3) is 0 Å². The number of nitrogen functional groups attached to an aromatic ring is 1. The number of hydrogen-bond donors (Lipinski definition) is 3. The molecule has 0 bridgehead atoms. The number of rotatable bonds is 6. The van der Waals surface area contributed by atoms with E-state index in [9.17, 15) is 8.78 Å². The van der Waals surface area contributed by atoms with Crippen molar-refractivity contribution < 1.29 is 18.3 Å². The van der Waals surface area contributed by atoms with E-state index in [1.807, 2.05) is 0 Å². The Bertz CT molecular complexity index is 1020. The number of nitrogens with one attached hydrogen (secondary N) is 2. The van der Waals surface area contributed by atoms with Crippen LogP contribution in [0.1, 0.15) is 0 Å². The lowest BCUT2D eigenvalue weighted by Crippen LogP contribution is -2.06. The number of methoxy groups -OCH3 is 2. The molecule has 28 heavy (non-hydrogen) atoms. The summed E-state index contributed by atoms with van der Waals surface area (Å²) in [6.45, 7) is 0. The number of halogens is 3. The summed E-state index contributed by atoms with van der Waals surface area (Å²) in [5.41, 5.74) is 7.05. The minimum atomic E-state index is -0.992. The van der Waals surface area contributed by atoms with E-state index in [-0.39, 0.29) is 23.0 Å². The molecule has 0 aliphatic rings. The van der Waals surface area contributed by atoms with E-state index in [4.69, 9.17) is 26.8 Å². The van der Waals surface area contributed by atoms with Crippen LogP contribution in [0.4, 0.5) is 37.5 Å². The van der Waals surface area contributed by atoms with Crippen molar-refractivity contribution in [3.05, 3.63) is 53.3 Å². The second-order valence-electron chi connectivity index (χ2n) is 5.55. The normalized spacial score (nSPS) is 10.5. The van der Waals surface area contributed by atoms with Crippen molar-refractivity contribution in [1.29, 1.82) is 0 Å². The fourth-order valence-electron chi connectivity index (χ4n) is 2.39. The SMILES string of the molecule is COc1cc(OC)c(Nc2ncnc(Nc3ccc(F)c(F)c3)c2N)cc1Cl. The highest BCUT2D eigenvalue weighted by molar-refractivity contribution is 6.32. The minimum Gasteiger partial charge on any atom is -0.495 e. The number of aromatic nitrogens is 2. The van der Waals surface area contributed by atoms with Gasteiger partial charge in [0, 0.05) is 17.8 Å². The number of anilines is 5. The predicted molar refractivity (Wildman–Crippen MR) is 104 cm³/mol. The molecular formula is C18H16ClF2N5O2. The van der Waals surface area contributed by atoms with E-state index in [1.54, 1.807) is 12.1 Å². The molecule has 1 heterocycles. The third-order valence-corrected chi connectivity index (χ3v) is 4.09. The average molecular weight is 408 g/mol. The lowest BCUT2D eigenvalue weighted by atomic mass is 10.2. The Labute approximate surface area is 164 Å². The first-order valence-corrected chi connectivity index (χ1v) is 8.31. The van der Waals surface area contributed by atoms with Crippen LogP contribution in [0.15, 0.2) is 36.7 Å². The highest BCUT2D eigenvalue weighted by Crippen LogP contribution is 2.38. The van der Waals surface area contributed by atoms with Gasteiger partial charge in [-0.2, -0.15) is 0 Å². The first-order valence-electron chi connectivity index (χ1n) is 7.94. The van der Waals surface area contributed by atoms with Crippen molar-refractivity contribution in [2.24, 2.45) is 0 Å². The Morgan fingerprint density at radius 3 is 2.25 bits per heavy atom. The van der Waals surface area contributed by atoms with E-state index >= 15 is 0 Å². The summed E-state index contributed by atoms with van der Waals surface area (Å²) in [6.07, 6.45) is 1.26. The van der Waals surface area contributed by atoms with Crippen LogP contribution in [0, 0.1) is 11.6 Å². The van der Waals surface area contributed by atoms with Gasteiger partial charge in [-0.05, 0) is 18.2 Å². The van der Waals surface area contributed by atoms with Crippen LogP contribution in [0.2, 0.25) is 5.02 Å². The number of nitrogens with two attached hydrogens (primary N) is 1. The zero-order valence-electron chi connectivity index (χ0n) is 14.9. The van der Waals surface area contributed by atoms with Gasteiger partial charge in [-0.3, -0.25) is 0 Å². The molecule has 3 aromatic rings. The number of benzene rings is 2. The van der Waals surface area contributed by atoms with Gasteiger partial charge < -0.3 is 25.8 Å². The smallest absolute Gasteiger partial charge is 0.160 e. The van der Waals surface area contributed by atoms with Crippen molar-refractivity contribution in [3.8, 4) is 11.5 Å². The maximum absolute atomic E-state index is 13.4. The molecule has 0 amide bonds. The third kappa shape index (κ3) is 3.99. The molecule has 0 aliphatic heterocycles. The molecule has 0 unspecified atom stereocenters. The molecule has 0 saturated heterocycles. The fraction of sp³-hybridized carbons (Fsp3) is 0.111. The number of ether oxygens (including phenoxy) is 2. The van der Waals surface area contributed by atoms with Crippen molar-refractivity contribution in [1.82, 2.24) is 9.97 Å². The van der Waals surface area contributed by atoms with Crippen LogP contribution < -0.4 is 25.8 Å². The molecule has 0 atom stereocenters. The van der Waals surface area contributed by atoms with Gasteiger partial charge in [0.1, 0.15) is 23.5 Å². The first kappa shape index (κ1) is 19.4.